The molecule has 1 aliphatic rings. The molecule has 1 aliphatic heterocycles. The van der Waals surface area contributed by atoms with E-state index in [9.17, 15) is 4.79 Å². The molecule has 26 heavy (non-hydrogen) atoms. The third-order valence-electron chi connectivity index (χ3n) is 5.12. The third-order valence-corrected chi connectivity index (χ3v) is 5.41. The van der Waals surface area contributed by atoms with E-state index in [0.29, 0.717) is 18.2 Å². The van der Waals surface area contributed by atoms with Crippen molar-refractivity contribution in [2.75, 3.05) is 13.1 Å². The monoisotopic (exact) mass is 368 g/mol. The van der Waals surface area contributed by atoms with Crippen molar-refractivity contribution in [1.82, 2.24) is 14.9 Å². The average molecular weight is 369 g/mol. The third kappa shape index (κ3) is 3.20. The van der Waals surface area contributed by atoms with Crippen LogP contribution in [0.2, 0.25) is 5.15 Å². The van der Waals surface area contributed by atoms with Crippen molar-refractivity contribution < 1.29 is 4.79 Å². The number of amides is 1. The standard InChI is InChI=1S/C20H21ClN4O/c21-19-17-15(12-25-10-4-7-14(11-25)20(22)26)18(13-5-2-1-3-6-13)24-16(17)8-9-23-19/h1-3,5-6,8-9,14,24H,4,7,10-12H2,(H2,22,26). The number of piperidine rings is 1. The summed E-state index contributed by atoms with van der Waals surface area (Å²) >= 11 is 6.44. The number of fused-ring (bicyclic) bond motifs is 1. The van der Waals surface area contributed by atoms with E-state index in [0.717, 1.165) is 47.1 Å². The maximum atomic E-state index is 11.6. The number of likely N-dealkylation sites (tertiary alicyclic amines) is 1. The van der Waals surface area contributed by atoms with Crippen molar-refractivity contribution in [3.8, 4) is 11.3 Å². The molecule has 1 unspecified atom stereocenters. The molecule has 0 radical (unpaired) electrons. The summed E-state index contributed by atoms with van der Waals surface area (Å²) in [7, 11) is 0. The first-order chi connectivity index (χ1) is 12.6. The van der Waals surface area contributed by atoms with Crippen LogP contribution in [0, 0.1) is 5.92 Å². The molecule has 5 nitrogen and oxygen atoms in total. The van der Waals surface area contributed by atoms with Crippen LogP contribution in [0.1, 0.15) is 18.4 Å². The summed E-state index contributed by atoms with van der Waals surface area (Å²) in [4.78, 5) is 21.7. The van der Waals surface area contributed by atoms with Crippen LogP contribution in [0.3, 0.4) is 0 Å². The summed E-state index contributed by atoms with van der Waals surface area (Å²) in [5.74, 6) is -0.292. The predicted octanol–water partition coefficient (Wildman–Crippen LogP) is 3.58. The summed E-state index contributed by atoms with van der Waals surface area (Å²) in [5.41, 5.74) is 9.79. The average Bonchev–Trinajstić information content (AvgIpc) is 3.02. The summed E-state index contributed by atoms with van der Waals surface area (Å²) in [6, 6.07) is 12.2. The minimum Gasteiger partial charge on any atom is -0.369 e. The first-order valence-electron chi connectivity index (χ1n) is 8.85. The summed E-state index contributed by atoms with van der Waals surface area (Å²) in [5, 5.41) is 1.45. The van der Waals surface area contributed by atoms with Gasteiger partial charge in [0.2, 0.25) is 5.91 Å². The van der Waals surface area contributed by atoms with Gasteiger partial charge in [-0.25, -0.2) is 4.98 Å². The van der Waals surface area contributed by atoms with Gasteiger partial charge in [-0.05, 0) is 31.0 Å². The normalized spacial score (nSPS) is 18.3. The smallest absolute Gasteiger partial charge is 0.221 e. The van der Waals surface area contributed by atoms with Crippen LogP contribution in [0.4, 0.5) is 0 Å². The SMILES string of the molecule is NC(=O)C1CCCN(Cc2c(-c3ccccc3)[nH]c3ccnc(Cl)c23)C1. The lowest BCUT2D eigenvalue weighted by Crippen LogP contribution is -2.40. The molecule has 134 valence electrons. The number of aromatic amines is 1. The van der Waals surface area contributed by atoms with Gasteiger partial charge in [-0.1, -0.05) is 41.9 Å². The van der Waals surface area contributed by atoms with E-state index in [2.05, 4.69) is 27.0 Å². The molecule has 1 amide bonds. The maximum Gasteiger partial charge on any atom is 0.221 e. The molecule has 3 N–H and O–H groups in total. The van der Waals surface area contributed by atoms with E-state index in [1.165, 1.54) is 0 Å². The lowest BCUT2D eigenvalue weighted by molar-refractivity contribution is -0.123. The molecule has 3 heterocycles. The number of H-pyrrole nitrogens is 1. The van der Waals surface area contributed by atoms with E-state index >= 15 is 0 Å². The molecule has 0 bridgehead atoms. The van der Waals surface area contributed by atoms with Crippen LogP contribution in [-0.4, -0.2) is 33.9 Å². The highest BCUT2D eigenvalue weighted by molar-refractivity contribution is 6.34. The lowest BCUT2D eigenvalue weighted by Gasteiger charge is -2.31. The van der Waals surface area contributed by atoms with Gasteiger partial charge in [0.15, 0.2) is 0 Å². The van der Waals surface area contributed by atoms with Crippen molar-refractivity contribution in [3.05, 3.63) is 53.3 Å². The Hall–Kier alpha value is -2.37. The fourth-order valence-electron chi connectivity index (χ4n) is 3.83. The van der Waals surface area contributed by atoms with Crippen LogP contribution < -0.4 is 5.73 Å². The Kier molecular flexibility index (Phi) is 4.66. The predicted molar refractivity (Wildman–Crippen MR) is 104 cm³/mol. The topological polar surface area (TPSA) is 75.0 Å². The van der Waals surface area contributed by atoms with Gasteiger partial charge in [0.25, 0.3) is 0 Å². The molecular weight excluding hydrogens is 348 g/mol. The van der Waals surface area contributed by atoms with Gasteiger partial charge in [0.1, 0.15) is 5.15 Å². The Morgan fingerprint density at radius 3 is 2.88 bits per heavy atom. The Balaban J connectivity index is 1.76. The number of nitrogens with one attached hydrogen (secondary N) is 1. The van der Waals surface area contributed by atoms with Gasteiger partial charge in [-0.15, -0.1) is 0 Å². The number of aromatic nitrogens is 2. The zero-order chi connectivity index (χ0) is 18.1. The minimum absolute atomic E-state index is 0.0808. The Bertz CT molecular complexity index is 938. The largest absolute Gasteiger partial charge is 0.369 e. The fourth-order valence-corrected chi connectivity index (χ4v) is 4.10. The number of carbonyl (C=O) groups is 1. The lowest BCUT2D eigenvalue weighted by atomic mass is 9.96. The Morgan fingerprint density at radius 2 is 2.12 bits per heavy atom. The van der Waals surface area contributed by atoms with Crippen LogP contribution >= 0.6 is 11.6 Å². The number of primary amides is 1. The second kappa shape index (κ2) is 7.09. The number of hydrogen-bond acceptors (Lipinski definition) is 3. The molecule has 0 aliphatic carbocycles. The van der Waals surface area contributed by atoms with E-state index < -0.39 is 0 Å². The molecule has 1 atom stereocenters. The zero-order valence-electron chi connectivity index (χ0n) is 14.4. The highest BCUT2D eigenvalue weighted by Crippen LogP contribution is 2.35. The second-order valence-electron chi connectivity index (χ2n) is 6.85. The summed E-state index contributed by atoms with van der Waals surface area (Å²) in [6.07, 6.45) is 3.56. The number of benzene rings is 1. The number of nitrogens with zero attached hydrogens (tertiary/aromatic N) is 2. The number of rotatable bonds is 4. The van der Waals surface area contributed by atoms with E-state index in [4.69, 9.17) is 17.3 Å². The van der Waals surface area contributed by atoms with Gasteiger partial charge in [0.05, 0.1) is 17.1 Å². The molecule has 2 aromatic heterocycles. The van der Waals surface area contributed by atoms with Crippen LogP contribution in [0.25, 0.3) is 22.2 Å². The number of nitrogens with two attached hydrogens (primary N) is 1. The van der Waals surface area contributed by atoms with E-state index in [1.54, 1.807) is 6.20 Å². The quantitative estimate of drug-likeness (QED) is 0.691. The van der Waals surface area contributed by atoms with Crippen molar-refractivity contribution in [2.24, 2.45) is 11.7 Å². The molecule has 1 aromatic carbocycles. The molecule has 4 rings (SSSR count). The highest BCUT2D eigenvalue weighted by atomic mass is 35.5. The minimum atomic E-state index is -0.211. The molecule has 0 spiro atoms. The van der Waals surface area contributed by atoms with Gasteiger partial charge >= 0.3 is 0 Å². The van der Waals surface area contributed by atoms with Crippen molar-refractivity contribution in [2.45, 2.75) is 19.4 Å². The Morgan fingerprint density at radius 1 is 1.31 bits per heavy atom. The van der Waals surface area contributed by atoms with E-state index in [1.807, 2.05) is 24.3 Å². The van der Waals surface area contributed by atoms with Crippen molar-refractivity contribution in [3.63, 3.8) is 0 Å². The van der Waals surface area contributed by atoms with Gasteiger partial charge in [0, 0.05) is 30.2 Å². The zero-order valence-corrected chi connectivity index (χ0v) is 15.2. The number of halogens is 1. The van der Waals surface area contributed by atoms with Gasteiger partial charge in [-0.3, -0.25) is 9.69 Å². The molecule has 1 fully saturated rings. The molecular formula is C20H21ClN4O. The van der Waals surface area contributed by atoms with E-state index in [-0.39, 0.29) is 11.8 Å². The fraction of sp³-hybridized carbons (Fsp3) is 0.300. The van der Waals surface area contributed by atoms with Crippen LogP contribution in [0.5, 0.6) is 0 Å². The number of pyridine rings is 1. The van der Waals surface area contributed by atoms with Crippen molar-refractivity contribution in [1.29, 1.82) is 0 Å². The molecule has 6 heteroatoms. The molecule has 3 aromatic rings. The first-order valence-corrected chi connectivity index (χ1v) is 9.23. The Labute approximate surface area is 157 Å². The number of carbonyl (C=O) groups excluding carboxylic acids is 1. The maximum absolute atomic E-state index is 11.6. The van der Waals surface area contributed by atoms with Gasteiger partial charge < -0.3 is 10.7 Å². The first kappa shape index (κ1) is 17.1. The second-order valence-corrected chi connectivity index (χ2v) is 7.20. The highest BCUT2D eigenvalue weighted by Gasteiger charge is 2.26. The number of hydrogen-bond donors (Lipinski definition) is 2. The van der Waals surface area contributed by atoms with Gasteiger partial charge in [-0.2, -0.15) is 0 Å². The summed E-state index contributed by atoms with van der Waals surface area (Å²) < 4.78 is 0. The molecule has 1 saturated heterocycles. The summed E-state index contributed by atoms with van der Waals surface area (Å²) in [6.45, 7) is 2.34. The molecule has 0 saturated carbocycles. The van der Waals surface area contributed by atoms with Crippen LogP contribution in [-0.2, 0) is 11.3 Å². The van der Waals surface area contributed by atoms with Crippen molar-refractivity contribution >= 4 is 28.4 Å². The van der Waals surface area contributed by atoms with Crippen LogP contribution in [0.15, 0.2) is 42.6 Å².